The van der Waals surface area contributed by atoms with Gasteiger partial charge in [-0.1, -0.05) is 41.4 Å². The van der Waals surface area contributed by atoms with Crippen LogP contribution in [0.25, 0.3) is 11.6 Å². The van der Waals surface area contributed by atoms with Crippen LogP contribution in [-0.4, -0.2) is 43.4 Å². The molecular formula is C20H20Cl2N2O2. The molecule has 4 nitrogen and oxygen atoms in total. The molecule has 2 aromatic carbocycles. The molecule has 0 heterocycles. The van der Waals surface area contributed by atoms with E-state index in [1.807, 2.05) is 31.1 Å². The van der Waals surface area contributed by atoms with Crippen molar-refractivity contribution in [3.05, 3.63) is 63.6 Å². The number of nitrogens with zero attached hydrogens (tertiary/aromatic N) is 2. The van der Waals surface area contributed by atoms with Gasteiger partial charge in [0.15, 0.2) is 0 Å². The molecule has 0 aromatic heterocycles. The molecule has 0 aliphatic carbocycles. The molecule has 0 radical (unpaired) electrons. The zero-order valence-electron chi connectivity index (χ0n) is 14.6. The molecule has 26 heavy (non-hydrogen) atoms. The number of benzene rings is 2. The van der Waals surface area contributed by atoms with E-state index in [1.165, 1.54) is 0 Å². The molecule has 0 fully saturated rings. The van der Waals surface area contributed by atoms with E-state index in [0.717, 1.165) is 5.56 Å². The minimum atomic E-state index is -0.551. The monoisotopic (exact) mass is 390 g/mol. The smallest absolute Gasteiger partial charge is 0.119 e. The maximum atomic E-state index is 9.82. The number of ether oxygens (including phenoxy) is 1. The maximum absolute atomic E-state index is 9.82. The summed E-state index contributed by atoms with van der Waals surface area (Å²) in [5, 5.41) is 20.1. The zero-order valence-corrected chi connectivity index (χ0v) is 16.1. The second-order valence-corrected chi connectivity index (χ2v) is 6.91. The number of nitriles is 1. The third kappa shape index (κ3) is 6.05. The zero-order chi connectivity index (χ0) is 19.1. The number of rotatable bonds is 7. The van der Waals surface area contributed by atoms with Crippen LogP contribution in [0.1, 0.15) is 11.1 Å². The van der Waals surface area contributed by atoms with E-state index >= 15 is 0 Å². The van der Waals surface area contributed by atoms with Crippen molar-refractivity contribution in [1.29, 1.82) is 5.26 Å². The topological polar surface area (TPSA) is 56.5 Å². The first-order valence-corrected chi connectivity index (χ1v) is 8.77. The van der Waals surface area contributed by atoms with Crippen molar-refractivity contribution in [2.24, 2.45) is 0 Å². The van der Waals surface area contributed by atoms with Gasteiger partial charge in [0.05, 0.1) is 21.7 Å². The van der Waals surface area contributed by atoms with E-state index in [4.69, 9.17) is 27.9 Å². The number of allylic oxidation sites excluding steroid dienone is 1. The van der Waals surface area contributed by atoms with Crippen molar-refractivity contribution in [3.8, 4) is 11.8 Å². The van der Waals surface area contributed by atoms with E-state index in [0.29, 0.717) is 33.5 Å². The largest absolute Gasteiger partial charge is 0.491 e. The summed E-state index contributed by atoms with van der Waals surface area (Å²) in [6.07, 6.45) is 1.22. The van der Waals surface area contributed by atoms with Gasteiger partial charge in [-0.3, -0.25) is 0 Å². The van der Waals surface area contributed by atoms with Gasteiger partial charge in [-0.2, -0.15) is 5.26 Å². The van der Waals surface area contributed by atoms with Crippen LogP contribution in [0.15, 0.2) is 42.5 Å². The van der Waals surface area contributed by atoms with Gasteiger partial charge in [0.25, 0.3) is 0 Å². The van der Waals surface area contributed by atoms with Crippen molar-refractivity contribution in [2.45, 2.75) is 6.10 Å². The lowest BCUT2D eigenvalue weighted by Gasteiger charge is -2.16. The van der Waals surface area contributed by atoms with Crippen molar-refractivity contribution < 1.29 is 9.84 Å². The number of aliphatic hydroxyl groups is 1. The van der Waals surface area contributed by atoms with Crippen molar-refractivity contribution in [2.75, 3.05) is 27.2 Å². The van der Waals surface area contributed by atoms with Gasteiger partial charge in [-0.05, 0) is 55.6 Å². The summed E-state index contributed by atoms with van der Waals surface area (Å²) in [6.45, 7) is 0.760. The minimum Gasteiger partial charge on any atom is -0.491 e. The average molecular weight is 391 g/mol. The Balaban J connectivity index is 2.07. The first-order valence-electron chi connectivity index (χ1n) is 8.02. The van der Waals surface area contributed by atoms with E-state index in [2.05, 4.69) is 6.07 Å². The normalized spacial score (nSPS) is 12.7. The fraction of sp³-hybridized carbons (Fsp3) is 0.250. The standard InChI is InChI=1S/C20H20Cl2N2O2/c1-24(2)12-17(25)13-26-18-6-3-14(4-7-18)9-16(11-23)15-5-8-19(21)20(22)10-15/h3-10,17,25H,12-13H2,1-2H3/b16-9+. The second kappa shape index (κ2) is 9.61. The van der Waals surface area contributed by atoms with E-state index in [1.54, 1.807) is 36.4 Å². The van der Waals surface area contributed by atoms with Crippen LogP contribution < -0.4 is 4.74 Å². The quantitative estimate of drug-likeness (QED) is 0.563. The summed E-state index contributed by atoms with van der Waals surface area (Å²) < 4.78 is 5.57. The van der Waals surface area contributed by atoms with Crippen LogP contribution in [-0.2, 0) is 0 Å². The molecular weight excluding hydrogens is 371 g/mol. The Bertz CT molecular complexity index is 812. The van der Waals surface area contributed by atoms with Crippen LogP contribution in [0.3, 0.4) is 0 Å². The average Bonchev–Trinajstić information content (AvgIpc) is 2.61. The van der Waals surface area contributed by atoms with E-state index in [-0.39, 0.29) is 6.61 Å². The van der Waals surface area contributed by atoms with Gasteiger partial charge in [-0.25, -0.2) is 0 Å². The van der Waals surface area contributed by atoms with Crippen molar-refractivity contribution in [3.63, 3.8) is 0 Å². The summed E-state index contributed by atoms with van der Waals surface area (Å²) in [6, 6.07) is 14.6. The molecule has 1 atom stereocenters. The van der Waals surface area contributed by atoms with Crippen LogP contribution in [0.2, 0.25) is 10.0 Å². The van der Waals surface area contributed by atoms with E-state index in [9.17, 15) is 10.4 Å². The Kier molecular flexibility index (Phi) is 7.50. The molecule has 1 N–H and O–H groups in total. The van der Waals surface area contributed by atoms with Crippen LogP contribution >= 0.6 is 23.2 Å². The molecule has 0 saturated carbocycles. The summed E-state index contributed by atoms with van der Waals surface area (Å²) in [5.74, 6) is 0.660. The molecule has 6 heteroatoms. The van der Waals surface area contributed by atoms with Crippen LogP contribution in [0.4, 0.5) is 0 Å². The molecule has 0 bridgehead atoms. The SMILES string of the molecule is CN(C)CC(O)COc1ccc(/C=C(\C#N)c2ccc(Cl)c(Cl)c2)cc1. The third-order valence-electron chi connectivity index (χ3n) is 3.56. The molecule has 0 aliphatic rings. The number of likely N-dealkylation sites (N-methyl/N-ethyl adjacent to an activating group) is 1. The Morgan fingerprint density at radius 2 is 1.88 bits per heavy atom. The van der Waals surface area contributed by atoms with Crippen LogP contribution in [0, 0.1) is 11.3 Å². The number of aliphatic hydroxyl groups excluding tert-OH is 1. The fourth-order valence-electron chi connectivity index (χ4n) is 2.34. The molecule has 2 rings (SSSR count). The van der Waals surface area contributed by atoms with Gasteiger partial charge >= 0.3 is 0 Å². The molecule has 0 spiro atoms. The molecule has 0 aliphatic heterocycles. The highest BCUT2D eigenvalue weighted by Crippen LogP contribution is 2.27. The van der Waals surface area contributed by atoms with Crippen molar-refractivity contribution in [1.82, 2.24) is 4.90 Å². The Hall–Kier alpha value is -2.03. The minimum absolute atomic E-state index is 0.222. The highest BCUT2D eigenvalue weighted by Gasteiger charge is 2.07. The number of hydrogen-bond donors (Lipinski definition) is 1. The Labute approximate surface area is 163 Å². The highest BCUT2D eigenvalue weighted by atomic mass is 35.5. The summed E-state index contributed by atoms with van der Waals surface area (Å²) >= 11 is 11.9. The molecule has 2 aromatic rings. The summed E-state index contributed by atoms with van der Waals surface area (Å²) in [4.78, 5) is 1.90. The maximum Gasteiger partial charge on any atom is 0.119 e. The Morgan fingerprint density at radius 1 is 1.19 bits per heavy atom. The Morgan fingerprint density at radius 3 is 2.46 bits per heavy atom. The van der Waals surface area contributed by atoms with Gasteiger partial charge < -0.3 is 14.7 Å². The summed E-state index contributed by atoms with van der Waals surface area (Å²) in [5.41, 5.74) is 2.04. The lowest BCUT2D eigenvalue weighted by atomic mass is 10.0. The molecule has 0 saturated heterocycles. The first-order chi connectivity index (χ1) is 12.4. The molecule has 1 unspecified atom stereocenters. The fourth-order valence-corrected chi connectivity index (χ4v) is 2.64. The molecule has 0 amide bonds. The predicted molar refractivity (Wildman–Crippen MR) is 106 cm³/mol. The van der Waals surface area contributed by atoms with Gasteiger partial charge in [0.2, 0.25) is 0 Å². The number of hydrogen-bond acceptors (Lipinski definition) is 4. The second-order valence-electron chi connectivity index (χ2n) is 6.09. The van der Waals surface area contributed by atoms with E-state index < -0.39 is 6.10 Å². The lowest BCUT2D eigenvalue weighted by molar-refractivity contribution is 0.0831. The van der Waals surface area contributed by atoms with Gasteiger partial charge in [0.1, 0.15) is 18.5 Å². The summed E-state index contributed by atoms with van der Waals surface area (Å²) in [7, 11) is 3.79. The van der Waals surface area contributed by atoms with Crippen LogP contribution in [0.5, 0.6) is 5.75 Å². The number of halogens is 2. The van der Waals surface area contributed by atoms with Gasteiger partial charge in [-0.15, -0.1) is 0 Å². The third-order valence-corrected chi connectivity index (χ3v) is 4.30. The molecule has 136 valence electrons. The first kappa shape index (κ1) is 20.3. The predicted octanol–water partition coefficient (Wildman–Crippen LogP) is 4.36. The van der Waals surface area contributed by atoms with Gasteiger partial charge in [0, 0.05) is 6.54 Å². The highest BCUT2D eigenvalue weighted by molar-refractivity contribution is 6.42. The lowest BCUT2D eigenvalue weighted by Crippen LogP contribution is -2.30. The van der Waals surface area contributed by atoms with Crippen molar-refractivity contribution >= 4 is 34.9 Å².